The van der Waals surface area contributed by atoms with Gasteiger partial charge >= 0.3 is 0 Å². The summed E-state index contributed by atoms with van der Waals surface area (Å²) in [7, 11) is 0. The van der Waals surface area contributed by atoms with E-state index in [1.54, 1.807) is 0 Å². The van der Waals surface area contributed by atoms with E-state index in [0.717, 1.165) is 17.1 Å². The Bertz CT molecular complexity index is 3560. The Hall–Kier alpha value is -8.00. The largest absolute Gasteiger partial charge is 0.310 e. The molecule has 0 radical (unpaired) electrons. The zero-order valence-corrected chi connectivity index (χ0v) is 36.0. The third-order valence-corrected chi connectivity index (χ3v) is 13.7. The molecule has 0 saturated heterocycles. The van der Waals surface area contributed by atoms with Gasteiger partial charge in [-0.15, -0.1) is 0 Å². The van der Waals surface area contributed by atoms with Crippen molar-refractivity contribution in [2.45, 2.75) is 19.3 Å². The predicted molar refractivity (Wildman–Crippen MR) is 273 cm³/mol. The van der Waals surface area contributed by atoms with Crippen molar-refractivity contribution < 1.29 is 0 Å². The molecule has 0 amide bonds. The number of benzene rings is 11. The standard InChI is InChI=1S/C63H45N/c1-63(2)59-25-13-12-23-56(59)57-38-37-51(41-60(57)63)64(50-35-33-46(34-36-50)45-29-27-44(28-30-45)42-15-4-3-5-16-42)61-26-14-24-53(49-32-31-43-17-6-7-18-47(43)39-49)62(61)58-40-48-19-8-9-20-52(48)54-21-10-11-22-55(54)58/h3-41H,1-2H3. The molecular formula is C63H45N. The first-order valence-electron chi connectivity index (χ1n) is 22.3. The summed E-state index contributed by atoms with van der Waals surface area (Å²) in [6.45, 7) is 4.74. The van der Waals surface area contributed by atoms with Crippen molar-refractivity contribution in [3.05, 3.63) is 248 Å². The molecule has 0 aromatic heterocycles. The highest BCUT2D eigenvalue weighted by Crippen LogP contribution is 2.53. The topological polar surface area (TPSA) is 3.24 Å². The summed E-state index contributed by atoms with van der Waals surface area (Å²) in [5.41, 5.74) is 18.1. The second-order valence-corrected chi connectivity index (χ2v) is 17.7. The number of anilines is 3. The summed E-state index contributed by atoms with van der Waals surface area (Å²) in [5.74, 6) is 0. The molecule has 1 aliphatic rings. The maximum absolute atomic E-state index is 2.51. The Labute approximate surface area is 375 Å². The van der Waals surface area contributed by atoms with Gasteiger partial charge in [-0.2, -0.15) is 0 Å². The fourth-order valence-corrected chi connectivity index (χ4v) is 10.4. The van der Waals surface area contributed by atoms with Crippen LogP contribution in [0.5, 0.6) is 0 Å². The molecule has 64 heavy (non-hydrogen) atoms. The molecule has 12 rings (SSSR count). The average Bonchev–Trinajstić information content (AvgIpc) is 3.59. The summed E-state index contributed by atoms with van der Waals surface area (Å²) >= 11 is 0. The number of fused-ring (bicyclic) bond motifs is 7. The Morgan fingerprint density at radius 1 is 0.297 bits per heavy atom. The van der Waals surface area contributed by atoms with E-state index in [1.807, 2.05) is 0 Å². The third-order valence-electron chi connectivity index (χ3n) is 13.7. The smallest absolute Gasteiger partial charge is 0.0546 e. The molecule has 1 nitrogen and oxygen atoms in total. The van der Waals surface area contributed by atoms with Gasteiger partial charge in [-0.1, -0.05) is 208 Å². The minimum absolute atomic E-state index is 0.159. The molecule has 0 unspecified atom stereocenters. The van der Waals surface area contributed by atoms with Crippen LogP contribution in [-0.4, -0.2) is 0 Å². The molecular weight excluding hydrogens is 771 g/mol. The lowest BCUT2D eigenvalue weighted by Gasteiger charge is -2.31. The van der Waals surface area contributed by atoms with Gasteiger partial charge in [0.1, 0.15) is 0 Å². The van der Waals surface area contributed by atoms with E-state index in [-0.39, 0.29) is 5.41 Å². The van der Waals surface area contributed by atoms with Crippen LogP contribution in [0.1, 0.15) is 25.0 Å². The lowest BCUT2D eigenvalue weighted by Crippen LogP contribution is -2.17. The van der Waals surface area contributed by atoms with E-state index in [1.165, 1.54) is 99.1 Å². The molecule has 1 heteroatoms. The van der Waals surface area contributed by atoms with E-state index < -0.39 is 0 Å². The summed E-state index contributed by atoms with van der Waals surface area (Å²) < 4.78 is 0. The van der Waals surface area contributed by atoms with Crippen LogP contribution in [0, 0.1) is 0 Å². The second-order valence-electron chi connectivity index (χ2n) is 17.7. The molecule has 0 N–H and O–H groups in total. The Kier molecular flexibility index (Phi) is 8.91. The number of hydrogen-bond donors (Lipinski definition) is 0. The summed E-state index contributed by atoms with van der Waals surface area (Å²) in [4.78, 5) is 2.51. The van der Waals surface area contributed by atoms with Crippen molar-refractivity contribution in [2.24, 2.45) is 0 Å². The molecule has 0 heterocycles. The summed E-state index contributed by atoms with van der Waals surface area (Å²) in [5, 5.41) is 7.43. The highest BCUT2D eigenvalue weighted by Gasteiger charge is 2.36. The molecule has 0 saturated carbocycles. The molecule has 0 fully saturated rings. The first-order chi connectivity index (χ1) is 31.5. The van der Waals surface area contributed by atoms with E-state index >= 15 is 0 Å². The van der Waals surface area contributed by atoms with Crippen LogP contribution in [0.3, 0.4) is 0 Å². The van der Waals surface area contributed by atoms with Gasteiger partial charge in [0, 0.05) is 22.4 Å². The maximum Gasteiger partial charge on any atom is 0.0546 e. The van der Waals surface area contributed by atoms with Crippen LogP contribution in [0.25, 0.3) is 88.0 Å². The lowest BCUT2D eigenvalue weighted by molar-refractivity contribution is 0.660. The van der Waals surface area contributed by atoms with Gasteiger partial charge in [0.15, 0.2) is 0 Å². The fraction of sp³-hybridized carbons (Fsp3) is 0.0476. The Morgan fingerprint density at radius 2 is 0.844 bits per heavy atom. The van der Waals surface area contributed by atoms with Crippen LogP contribution >= 0.6 is 0 Å². The molecule has 0 aliphatic heterocycles. The quantitative estimate of drug-likeness (QED) is 0.145. The third kappa shape index (κ3) is 6.23. The van der Waals surface area contributed by atoms with Gasteiger partial charge in [-0.05, 0) is 136 Å². The maximum atomic E-state index is 2.51. The van der Waals surface area contributed by atoms with Gasteiger partial charge in [0.05, 0.1) is 5.69 Å². The number of nitrogens with zero attached hydrogens (tertiary/aromatic N) is 1. The normalized spacial score (nSPS) is 12.7. The minimum Gasteiger partial charge on any atom is -0.310 e. The van der Waals surface area contributed by atoms with Gasteiger partial charge in [-0.3, -0.25) is 0 Å². The van der Waals surface area contributed by atoms with E-state index in [2.05, 4.69) is 255 Å². The highest BCUT2D eigenvalue weighted by atomic mass is 15.1. The van der Waals surface area contributed by atoms with Crippen LogP contribution in [0.4, 0.5) is 17.1 Å². The SMILES string of the molecule is CC1(C)c2ccccc2-c2ccc(N(c3ccc(-c4ccc(-c5ccccc5)cc4)cc3)c3cccc(-c4ccc5ccccc5c4)c3-c3cc4ccccc4c4ccccc34)cc21. The van der Waals surface area contributed by atoms with Crippen molar-refractivity contribution >= 4 is 49.4 Å². The fourth-order valence-electron chi connectivity index (χ4n) is 10.4. The van der Waals surface area contributed by atoms with Crippen molar-refractivity contribution in [3.8, 4) is 55.6 Å². The average molecular weight is 816 g/mol. The van der Waals surface area contributed by atoms with Gasteiger partial charge in [0.25, 0.3) is 0 Å². The lowest BCUT2D eigenvalue weighted by atomic mass is 9.82. The van der Waals surface area contributed by atoms with Crippen LogP contribution in [0.2, 0.25) is 0 Å². The number of hydrogen-bond acceptors (Lipinski definition) is 1. The molecule has 0 atom stereocenters. The predicted octanol–water partition coefficient (Wildman–Crippen LogP) is 17.6. The van der Waals surface area contributed by atoms with Crippen molar-refractivity contribution in [1.29, 1.82) is 0 Å². The van der Waals surface area contributed by atoms with Crippen molar-refractivity contribution in [3.63, 3.8) is 0 Å². The zero-order valence-electron chi connectivity index (χ0n) is 36.0. The molecule has 11 aromatic rings. The van der Waals surface area contributed by atoms with Gasteiger partial charge in [-0.25, -0.2) is 0 Å². The molecule has 302 valence electrons. The van der Waals surface area contributed by atoms with E-state index in [9.17, 15) is 0 Å². The molecule has 0 spiro atoms. The van der Waals surface area contributed by atoms with E-state index in [0.29, 0.717) is 0 Å². The summed E-state index contributed by atoms with van der Waals surface area (Å²) in [6, 6.07) is 87.4. The van der Waals surface area contributed by atoms with Crippen LogP contribution < -0.4 is 4.90 Å². The monoisotopic (exact) mass is 815 g/mol. The van der Waals surface area contributed by atoms with Crippen molar-refractivity contribution in [2.75, 3.05) is 4.90 Å². The molecule has 11 aromatic carbocycles. The molecule has 1 aliphatic carbocycles. The number of rotatable bonds is 7. The Balaban J connectivity index is 1.10. The first kappa shape index (κ1) is 37.7. The highest BCUT2D eigenvalue weighted by molar-refractivity contribution is 6.17. The van der Waals surface area contributed by atoms with Crippen LogP contribution in [0.15, 0.2) is 237 Å². The van der Waals surface area contributed by atoms with Gasteiger partial charge < -0.3 is 4.90 Å². The van der Waals surface area contributed by atoms with Gasteiger partial charge in [0.2, 0.25) is 0 Å². The van der Waals surface area contributed by atoms with E-state index in [4.69, 9.17) is 0 Å². The Morgan fingerprint density at radius 3 is 1.61 bits per heavy atom. The summed E-state index contributed by atoms with van der Waals surface area (Å²) in [6.07, 6.45) is 0. The second kappa shape index (κ2) is 15.1. The van der Waals surface area contributed by atoms with Crippen LogP contribution in [-0.2, 0) is 5.41 Å². The first-order valence-corrected chi connectivity index (χ1v) is 22.3. The minimum atomic E-state index is -0.159. The molecule has 0 bridgehead atoms. The van der Waals surface area contributed by atoms with Crippen molar-refractivity contribution in [1.82, 2.24) is 0 Å². The zero-order chi connectivity index (χ0) is 42.8.